The van der Waals surface area contributed by atoms with Gasteiger partial charge in [-0.15, -0.1) is 17.5 Å². The molecule has 0 aliphatic rings. The fourth-order valence-corrected chi connectivity index (χ4v) is 0.634. The van der Waals surface area contributed by atoms with Crippen molar-refractivity contribution in [3.63, 3.8) is 0 Å². The van der Waals surface area contributed by atoms with Gasteiger partial charge in [0.1, 0.15) is 27.8 Å². The van der Waals surface area contributed by atoms with Gasteiger partial charge >= 0.3 is 0 Å². The van der Waals surface area contributed by atoms with E-state index >= 15 is 0 Å². The van der Waals surface area contributed by atoms with Crippen LogP contribution in [0.3, 0.4) is 0 Å². The van der Waals surface area contributed by atoms with E-state index < -0.39 is 0 Å². The summed E-state index contributed by atoms with van der Waals surface area (Å²) in [5.74, 6) is 0. The van der Waals surface area contributed by atoms with Gasteiger partial charge < -0.3 is 0 Å². The predicted molar refractivity (Wildman–Crippen MR) is 57.2 cm³/mol. The minimum absolute atomic E-state index is 0.117. The highest BCUT2D eigenvalue weighted by Crippen LogP contribution is 2.09. The Morgan fingerprint density at radius 2 is 1.64 bits per heavy atom. The monoisotopic (exact) mass is 176 g/mol. The molecule has 0 unspecified atom stereocenters. The predicted octanol–water partition coefficient (Wildman–Crippen LogP) is 1.25. The number of hydrogen-bond donors (Lipinski definition) is 0. The molecule has 0 fully saturated rings. The zero-order chi connectivity index (χ0) is 11.1. The Balaban J connectivity index is 5.37. The molecule has 0 aromatic rings. The third kappa shape index (κ3) is 3.21. The maximum absolute atomic E-state index is 8.71. The summed E-state index contributed by atoms with van der Waals surface area (Å²) in [6, 6.07) is 3.64. The van der Waals surface area contributed by atoms with Crippen molar-refractivity contribution in [2.24, 2.45) is 0 Å². The molecule has 0 aromatic heterocycles. The van der Waals surface area contributed by atoms with Crippen LogP contribution in [-0.4, -0.2) is 15.7 Å². The molecule has 0 aliphatic carbocycles. The molecular weight excluding hydrogens is 170 g/mol. The van der Waals surface area contributed by atoms with Crippen LogP contribution in [0.5, 0.6) is 0 Å². The SMILES string of the molecule is [B]C(=C)/C([B])=C\C(C#N)=C(\C#N)C=C. The first-order valence-electron chi connectivity index (χ1n) is 3.65. The molecule has 4 radical (unpaired) electrons. The second-order valence-electron chi connectivity index (χ2n) is 2.38. The summed E-state index contributed by atoms with van der Waals surface area (Å²) in [5, 5.41) is 17.3. The quantitative estimate of drug-likeness (QED) is 0.368. The number of nitriles is 2. The van der Waals surface area contributed by atoms with Crippen molar-refractivity contribution in [1.82, 2.24) is 0 Å². The first-order valence-corrected chi connectivity index (χ1v) is 3.65. The summed E-state index contributed by atoms with van der Waals surface area (Å²) >= 11 is 0. The molecule has 62 valence electrons. The van der Waals surface area contributed by atoms with Gasteiger partial charge in [0.15, 0.2) is 0 Å². The van der Waals surface area contributed by atoms with Crippen LogP contribution in [-0.2, 0) is 0 Å². The highest BCUT2D eigenvalue weighted by molar-refractivity contribution is 6.36. The molecule has 0 saturated carbocycles. The van der Waals surface area contributed by atoms with Gasteiger partial charge in [-0.25, -0.2) is 0 Å². The van der Waals surface area contributed by atoms with Crippen molar-refractivity contribution in [2.75, 3.05) is 0 Å². The van der Waals surface area contributed by atoms with Crippen molar-refractivity contribution in [3.8, 4) is 12.1 Å². The molecule has 0 aliphatic heterocycles. The average Bonchev–Trinajstić information content (AvgIpc) is 2.17. The van der Waals surface area contributed by atoms with Gasteiger partial charge in [0.25, 0.3) is 0 Å². The molecule has 0 atom stereocenters. The molecule has 0 aromatic carbocycles. The third-order valence-corrected chi connectivity index (χ3v) is 1.41. The number of nitrogens with zero attached hydrogens (tertiary/aromatic N) is 2. The van der Waals surface area contributed by atoms with Crippen molar-refractivity contribution in [3.05, 3.63) is 47.4 Å². The van der Waals surface area contributed by atoms with Gasteiger partial charge in [-0.3, -0.25) is 0 Å². The number of hydrogen-bond acceptors (Lipinski definition) is 2. The summed E-state index contributed by atoms with van der Waals surface area (Å²) in [6.45, 7) is 6.79. The first-order chi connectivity index (χ1) is 6.56. The Hall–Kier alpha value is -1.93. The Labute approximate surface area is 86.4 Å². The van der Waals surface area contributed by atoms with E-state index in [0.29, 0.717) is 0 Å². The lowest BCUT2D eigenvalue weighted by atomic mass is 9.77. The van der Waals surface area contributed by atoms with Gasteiger partial charge in [-0.05, 0) is 0 Å². The zero-order valence-electron chi connectivity index (χ0n) is 7.62. The highest BCUT2D eigenvalue weighted by atomic mass is 14.3. The van der Waals surface area contributed by atoms with Crippen LogP contribution in [0.1, 0.15) is 0 Å². The largest absolute Gasteiger partial charge is 0.192 e. The summed E-state index contributed by atoms with van der Waals surface area (Å²) in [5.41, 5.74) is 0.582. The van der Waals surface area contributed by atoms with Crippen molar-refractivity contribution >= 4 is 15.7 Å². The van der Waals surface area contributed by atoms with E-state index in [2.05, 4.69) is 13.2 Å². The van der Waals surface area contributed by atoms with Crippen LogP contribution in [0.2, 0.25) is 0 Å². The minimum atomic E-state index is 0.117. The lowest BCUT2D eigenvalue weighted by molar-refractivity contribution is 1.44. The normalized spacial score (nSPS) is 12.0. The smallest absolute Gasteiger partial charge is 0.113 e. The second-order valence-corrected chi connectivity index (χ2v) is 2.38. The topological polar surface area (TPSA) is 47.6 Å². The molecule has 0 heterocycles. The van der Waals surface area contributed by atoms with Crippen LogP contribution in [0.25, 0.3) is 0 Å². The van der Waals surface area contributed by atoms with Crippen LogP contribution >= 0.6 is 0 Å². The summed E-state index contributed by atoms with van der Waals surface area (Å²) in [7, 11) is 10.7. The summed E-state index contributed by atoms with van der Waals surface area (Å²) < 4.78 is 0. The average molecular weight is 176 g/mol. The van der Waals surface area contributed by atoms with E-state index in [4.69, 9.17) is 26.2 Å². The molecule has 14 heavy (non-hydrogen) atoms. The van der Waals surface area contributed by atoms with Crippen LogP contribution in [0.15, 0.2) is 47.4 Å². The van der Waals surface area contributed by atoms with Gasteiger partial charge in [-0.1, -0.05) is 18.7 Å². The molecule has 0 amide bonds. The van der Waals surface area contributed by atoms with Crippen LogP contribution in [0, 0.1) is 22.7 Å². The Morgan fingerprint density at radius 3 is 1.93 bits per heavy atom. The van der Waals surface area contributed by atoms with E-state index in [0.717, 1.165) is 0 Å². The van der Waals surface area contributed by atoms with Crippen molar-refractivity contribution in [1.29, 1.82) is 10.5 Å². The maximum Gasteiger partial charge on any atom is 0.113 e. The molecule has 0 bridgehead atoms. The highest BCUT2D eigenvalue weighted by Gasteiger charge is 2.00. The van der Waals surface area contributed by atoms with Gasteiger partial charge in [-0.2, -0.15) is 10.5 Å². The Morgan fingerprint density at radius 1 is 1.14 bits per heavy atom. The van der Waals surface area contributed by atoms with Gasteiger partial charge in [0, 0.05) is 0 Å². The molecular formula is C10H6B2N2. The molecule has 0 saturated heterocycles. The van der Waals surface area contributed by atoms with E-state index in [1.165, 1.54) is 12.2 Å². The van der Waals surface area contributed by atoms with E-state index in [1.807, 2.05) is 12.1 Å². The van der Waals surface area contributed by atoms with Crippen molar-refractivity contribution in [2.45, 2.75) is 0 Å². The Kier molecular flexibility index (Phi) is 4.89. The first kappa shape index (κ1) is 12.1. The van der Waals surface area contributed by atoms with Gasteiger partial charge in [0.2, 0.25) is 0 Å². The molecule has 0 spiro atoms. The number of allylic oxidation sites excluding steroid dienone is 6. The van der Waals surface area contributed by atoms with Crippen LogP contribution in [0.4, 0.5) is 0 Å². The van der Waals surface area contributed by atoms with E-state index in [1.54, 1.807) is 0 Å². The number of rotatable bonds is 3. The second kappa shape index (κ2) is 5.67. The van der Waals surface area contributed by atoms with E-state index in [-0.39, 0.29) is 22.1 Å². The zero-order valence-corrected chi connectivity index (χ0v) is 7.62. The lowest BCUT2D eigenvalue weighted by Gasteiger charge is -1.99. The minimum Gasteiger partial charge on any atom is -0.192 e. The third-order valence-electron chi connectivity index (χ3n) is 1.41. The Bertz CT molecular complexity index is 403. The molecule has 0 rings (SSSR count). The summed E-state index contributed by atoms with van der Waals surface area (Å²) in [6.07, 6.45) is 2.57. The standard InChI is InChI=1S/C10H6B2N2/c1-3-8(5-13)9(6-14)4-10(12)7(2)11/h3-4H,1-2H2/b9-8-,10-4+. The molecule has 2 nitrogen and oxygen atoms in total. The molecule has 0 N–H and O–H groups in total. The van der Waals surface area contributed by atoms with E-state index in [9.17, 15) is 0 Å². The van der Waals surface area contributed by atoms with Crippen LogP contribution < -0.4 is 0 Å². The lowest BCUT2D eigenvalue weighted by Crippen LogP contribution is -1.89. The van der Waals surface area contributed by atoms with Crippen molar-refractivity contribution < 1.29 is 0 Å². The van der Waals surface area contributed by atoms with Gasteiger partial charge in [0.05, 0.1) is 11.1 Å². The maximum atomic E-state index is 8.71. The summed E-state index contributed by atoms with van der Waals surface area (Å²) in [4.78, 5) is 0. The fraction of sp³-hybridized carbons (Fsp3) is 0. The fourth-order valence-electron chi connectivity index (χ4n) is 0.634. The molecule has 4 heteroatoms.